The molecule has 2 atom stereocenters. The van der Waals surface area contributed by atoms with Gasteiger partial charge in [0.2, 0.25) is 0 Å². The van der Waals surface area contributed by atoms with E-state index in [1.807, 2.05) is 25.1 Å². The Morgan fingerprint density at radius 2 is 1.85 bits per heavy atom. The lowest BCUT2D eigenvalue weighted by molar-refractivity contribution is -0.148. The summed E-state index contributed by atoms with van der Waals surface area (Å²) in [6.07, 6.45) is 6.45. The minimum atomic E-state index is -0.600. The second-order valence-corrected chi connectivity index (χ2v) is 9.03. The Hall–Kier alpha value is -1.21. The second-order valence-electron chi connectivity index (χ2n) is 7.20. The van der Waals surface area contributed by atoms with Crippen LogP contribution in [0.3, 0.4) is 0 Å². The highest BCUT2D eigenvalue weighted by atomic mass is 79.9. The molecule has 1 saturated carbocycles. The molecule has 27 heavy (non-hydrogen) atoms. The van der Waals surface area contributed by atoms with Crippen LogP contribution >= 0.6 is 31.9 Å². The van der Waals surface area contributed by atoms with Crippen LogP contribution in [0.1, 0.15) is 57.1 Å². The molecule has 3 rings (SSSR count). The first-order chi connectivity index (χ1) is 13.0. The van der Waals surface area contributed by atoms with E-state index >= 15 is 0 Å². The smallest absolute Gasteiger partial charge is 0.341 e. The fourth-order valence-electron chi connectivity index (χ4n) is 3.89. The molecule has 1 N–H and O–H groups in total. The van der Waals surface area contributed by atoms with Crippen LogP contribution in [-0.4, -0.2) is 24.3 Å². The summed E-state index contributed by atoms with van der Waals surface area (Å²) in [6, 6.07) is 4.84. The number of hydrogen-bond donors (Lipinski definition) is 1. The van der Waals surface area contributed by atoms with Gasteiger partial charge in [0.25, 0.3) is 0 Å². The summed E-state index contributed by atoms with van der Waals surface area (Å²) in [7, 11) is 0. The van der Waals surface area contributed by atoms with Crippen LogP contribution < -0.4 is 5.32 Å². The summed E-state index contributed by atoms with van der Waals surface area (Å²) in [4.78, 5) is 29.1. The van der Waals surface area contributed by atoms with Crippen LogP contribution in [0.4, 0.5) is 4.79 Å². The van der Waals surface area contributed by atoms with Gasteiger partial charge in [-0.3, -0.25) is 4.79 Å². The summed E-state index contributed by atoms with van der Waals surface area (Å²) < 4.78 is 7.45. The minimum absolute atomic E-state index is 0.303. The number of carbonyl (C=O) groups is 2. The summed E-state index contributed by atoms with van der Waals surface area (Å²) in [6.45, 7) is 2.36. The molecule has 0 spiro atoms. The molecule has 0 radical (unpaired) electrons. The number of benzene rings is 1. The molecule has 0 bridgehead atoms. The Bertz CT molecular complexity index is 724. The Morgan fingerprint density at radius 1 is 1.19 bits per heavy atom. The molecule has 1 fully saturated rings. The van der Waals surface area contributed by atoms with Crippen molar-refractivity contribution in [2.24, 2.45) is 16.8 Å². The zero-order chi connectivity index (χ0) is 19.4. The number of nitrogens with zero attached hydrogens (tertiary/aromatic N) is 1. The molecule has 2 aliphatic rings. The fourth-order valence-corrected chi connectivity index (χ4v) is 5.22. The minimum Gasteiger partial charge on any atom is -0.465 e. The molecule has 0 saturated heterocycles. The largest absolute Gasteiger partial charge is 0.465 e. The first-order valence-corrected chi connectivity index (χ1v) is 11.1. The van der Waals surface area contributed by atoms with Gasteiger partial charge in [0, 0.05) is 14.7 Å². The van der Waals surface area contributed by atoms with Crippen LogP contribution in [0, 0.1) is 11.8 Å². The Balaban J connectivity index is 1.82. The standard InChI is InChI=1S/C20H24Br2N2O3/c1-2-16-17(19(25)27-11-12-6-4-3-5-7-12)18(24-20(26)23-16)13-8-14(21)10-15(22)9-13/h8-10,12,17-18H,2-7,11H2,1H3,(H,24,26). The van der Waals surface area contributed by atoms with E-state index in [0.29, 0.717) is 24.7 Å². The predicted molar refractivity (Wildman–Crippen MR) is 112 cm³/mol. The third-order valence-electron chi connectivity index (χ3n) is 5.26. The van der Waals surface area contributed by atoms with Gasteiger partial charge in [-0.05, 0) is 48.9 Å². The van der Waals surface area contributed by atoms with Crippen molar-refractivity contribution in [3.63, 3.8) is 0 Å². The van der Waals surface area contributed by atoms with Crippen LogP contribution in [-0.2, 0) is 9.53 Å². The van der Waals surface area contributed by atoms with Gasteiger partial charge in [0.05, 0.1) is 12.6 Å². The lowest BCUT2D eigenvalue weighted by Gasteiger charge is -2.31. The monoisotopic (exact) mass is 498 g/mol. The Kier molecular flexibility index (Phi) is 7.09. The van der Waals surface area contributed by atoms with Crippen molar-refractivity contribution in [3.05, 3.63) is 32.7 Å². The van der Waals surface area contributed by atoms with Gasteiger partial charge in [-0.25, -0.2) is 9.79 Å². The van der Waals surface area contributed by atoms with E-state index in [4.69, 9.17) is 4.74 Å². The van der Waals surface area contributed by atoms with Crippen molar-refractivity contribution in [3.8, 4) is 0 Å². The van der Waals surface area contributed by atoms with Crippen molar-refractivity contribution in [1.29, 1.82) is 0 Å². The summed E-state index contributed by atoms with van der Waals surface area (Å²) in [5, 5.41) is 2.85. The molecule has 5 nitrogen and oxygen atoms in total. The molecular weight excluding hydrogens is 476 g/mol. The molecule has 1 heterocycles. The van der Waals surface area contributed by atoms with Crippen LogP contribution in [0.5, 0.6) is 0 Å². The van der Waals surface area contributed by atoms with Gasteiger partial charge >= 0.3 is 12.0 Å². The number of aliphatic imine (C=N–C) groups is 1. The van der Waals surface area contributed by atoms with E-state index < -0.39 is 18.0 Å². The summed E-state index contributed by atoms with van der Waals surface area (Å²) in [5.74, 6) is -0.457. The van der Waals surface area contributed by atoms with E-state index in [0.717, 1.165) is 27.4 Å². The lowest BCUT2D eigenvalue weighted by Crippen LogP contribution is -2.45. The second kappa shape index (κ2) is 9.32. The van der Waals surface area contributed by atoms with Crippen LogP contribution in [0.25, 0.3) is 0 Å². The van der Waals surface area contributed by atoms with E-state index in [2.05, 4.69) is 42.2 Å². The quantitative estimate of drug-likeness (QED) is 0.538. The molecule has 1 aromatic carbocycles. The average molecular weight is 500 g/mol. The number of amides is 2. The lowest BCUT2D eigenvalue weighted by atomic mass is 9.86. The van der Waals surface area contributed by atoms with E-state index in [9.17, 15) is 9.59 Å². The van der Waals surface area contributed by atoms with E-state index in [-0.39, 0.29) is 5.97 Å². The van der Waals surface area contributed by atoms with E-state index in [1.54, 1.807) is 0 Å². The third kappa shape index (κ3) is 5.19. The van der Waals surface area contributed by atoms with Gasteiger partial charge in [0.15, 0.2) is 0 Å². The molecule has 2 amide bonds. The molecule has 1 aliphatic carbocycles. The maximum Gasteiger partial charge on any atom is 0.341 e. The number of halogens is 2. The van der Waals surface area contributed by atoms with E-state index in [1.165, 1.54) is 19.3 Å². The van der Waals surface area contributed by atoms with Gasteiger partial charge in [-0.1, -0.05) is 58.0 Å². The SMILES string of the molecule is CCC1=NC(=O)NC(c2cc(Br)cc(Br)c2)C1C(=O)OCC1CCCCC1. The molecule has 146 valence electrons. The maximum absolute atomic E-state index is 13.0. The number of nitrogens with one attached hydrogen (secondary N) is 1. The normalized spacial score (nSPS) is 23.5. The number of ether oxygens (including phenoxy) is 1. The highest BCUT2D eigenvalue weighted by molar-refractivity contribution is 9.11. The topological polar surface area (TPSA) is 67.8 Å². The maximum atomic E-state index is 13.0. The molecule has 1 aliphatic heterocycles. The summed E-state index contributed by atoms with van der Waals surface area (Å²) >= 11 is 6.96. The zero-order valence-electron chi connectivity index (χ0n) is 15.3. The highest BCUT2D eigenvalue weighted by Crippen LogP contribution is 2.33. The van der Waals surface area contributed by atoms with Crippen molar-refractivity contribution in [2.75, 3.05) is 6.61 Å². The fraction of sp³-hybridized carbons (Fsp3) is 0.550. The number of rotatable bonds is 5. The molecular formula is C20H24Br2N2O3. The average Bonchev–Trinajstić information content (AvgIpc) is 2.65. The summed E-state index contributed by atoms with van der Waals surface area (Å²) in [5.41, 5.74) is 1.42. The highest BCUT2D eigenvalue weighted by Gasteiger charge is 2.39. The molecule has 2 unspecified atom stereocenters. The first kappa shape index (κ1) is 20.5. The Morgan fingerprint density at radius 3 is 2.48 bits per heavy atom. The van der Waals surface area contributed by atoms with Gasteiger partial charge in [-0.15, -0.1) is 0 Å². The number of urea groups is 1. The van der Waals surface area contributed by atoms with Crippen molar-refractivity contribution in [1.82, 2.24) is 5.32 Å². The molecule has 0 aromatic heterocycles. The van der Waals surface area contributed by atoms with Crippen LogP contribution in [0.15, 0.2) is 32.1 Å². The molecule has 1 aromatic rings. The van der Waals surface area contributed by atoms with Crippen molar-refractivity contribution >= 4 is 49.6 Å². The van der Waals surface area contributed by atoms with Crippen molar-refractivity contribution in [2.45, 2.75) is 51.5 Å². The van der Waals surface area contributed by atoms with Crippen LogP contribution in [0.2, 0.25) is 0 Å². The zero-order valence-corrected chi connectivity index (χ0v) is 18.5. The van der Waals surface area contributed by atoms with Gasteiger partial charge < -0.3 is 10.1 Å². The Labute approximate surface area is 176 Å². The van der Waals surface area contributed by atoms with Crippen molar-refractivity contribution < 1.29 is 14.3 Å². The first-order valence-electron chi connectivity index (χ1n) is 9.48. The van der Waals surface area contributed by atoms with Gasteiger partial charge in [-0.2, -0.15) is 0 Å². The number of carbonyl (C=O) groups excluding carboxylic acids is 2. The number of hydrogen-bond acceptors (Lipinski definition) is 3. The van der Waals surface area contributed by atoms with Gasteiger partial charge in [0.1, 0.15) is 5.92 Å². The molecule has 7 heteroatoms. The third-order valence-corrected chi connectivity index (χ3v) is 6.18. The number of esters is 1. The predicted octanol–water partition coefficient (Wildman–Crippen LogP) is 5.57.